The van der Waals surface area contributed by atoms with E-state index in [0.717, 1.165) is 0 Å². The third-order valence-corrected chi connectivity index (χ3v) is 1.22. The topological polar surface area (TPSA) is 80.9 Å². The molecule has 0 aromatic rings. The van der Waals surface area contributed by atoms with Crippen molar-refractivity contribution in [2.24, 2.45) is 0 Å². The van der Waals surface area contributed by atoms with Gasteiger partial charge >= 0.3 is 0 Å². The molecule has 0 bridgehead atoms. The zero-order valence-electron chi connectivity index (χ0n) is 7.20. The quantitative estimate of drug-likeness (QED) is 0.383. The van der Waals surface area contributed by atoms with Crippen molar-refractivity contribution < 1.29 is 20.4 Å². The summed E-state index contributed by atoms with van der Waals surface area (Å²) < 4.78 is 0. The van der Waals surface area contributed by atoms with E-state index >= 15 is 0 Å². The SMILES string of the molecule is CC(O)(C#CC(C)(O)CO)CO. The standard InChI is InChI=1S/C8H14O4/c1-7(11,5-9)3-4-8(2,12)6-10/h9-12H,5-6H2,1-2H3. The van der Waals surface area contributed by atoms with Gasteiger partial charge in [0.2, 0.25) is 0 Å². The maximum absolute atomic E-state index is 9.17. The van der Waals surface area contributed by atoms with Gasteiger partial charge in [0.05, 0.1) is 13.2 Å². The van der Waals surface area contributed by atoms with E-state index in [4.69, 9.17) is 20.4 Å². The van der Waals surface area contributed by atoms with E-state index in [-0.39, 0.29) is 0 Å². The molecule has 0 aromatic carbocycles. The van der Waals surface area contributed by atoms with Crippen molar-refractivity contribution in [1.82, 2.24) is 0 Å². The molecule has 0 saturated carbocycles. The van der Waals surface area contributed by atoms with Gasteiger partial charge in [-0.05, 0) is 13.8 Å². The van der Waals surface area contributed by atoms with Gasteiger partial charge in [-0.3, -0.25) is 0 Å². The summed E-state index contributed by atoms with van der Waals surface area (Å²) >= 11 is 0. The third-order valence-electron chi connectivity index (χ3n) is 1.22. The molecular weight excluding hydrogens is 160 g/mol. The first-order chi connectivity index (χ1) is 5.33. The van der Waals surface area contributed by atoms with Gasteiger partial charge in [0.15, 0.2) is 0 Å². The molecule has 2 atom stereocenters. The minimum absolute atomic E-state index is 0.512. The van der Waals surface area contributed by atoms with Crippen molar-refractivity contribution in [2.75, 3.05) is 13.2 Å². The largest absolute Gasteiger partial charge is 0.392 e. The molecule has 0 heterocycles. The minimum Gasteiger partial charge on any atom is -0.392 e. The van der Waals surface area contributed by atoms with Gasteiger partial charge in [-0.1, -0.05) is 11.8 Å². The molecule has 0 rings (SSSR count). The molecule has 0 aromatic heterocycles. The van der Waals surface area contributed by atoms with Gasteiger partial charge in [0, 0.05) is 0 Å². The molecule has 12 heavy (non-hydrogen) atoms. The highest BCUT2D eigenvalue weighted by atomic mass is 16.3. The highest BCUT2D eigenvalue weighted by Gasteiger charge is 2.19. The molecular formula is C8H14O4. The molecule has 0 aliphatic heterocycles. The minimum atomic E-state index is -1.53. The first-order valence-electron chi connectivity index (χ1n) is 3.54. The van der Waals surface area contributed by atoms with Crippen LogP contribution in [-0.2, 0) is 0 Å². The van der Waals surface area contributed by atoms with Crippen LogP contribution in [-0.4, -0.2) is 44.8 Å². The molecule has 0 saturated heterocycles. The second-order valence-electron chi connectivity index (χ2n) is 3.11. The number of rotatable bonds is 2. The predicted octanol–water partition coefficient (Wildman–Crippen LogP) is -1.52. The Kier molecular flexibility index (Phi) is 3.68. The molecule has 0 radical (unpaired) electrons. The van der Waals surface area contributed by atoms with Gasteiger partial charge in [-0.25, -0.2) is 0 Å². The third kappa shape index (κ3) is 4.31. The van der Waals surface area contributed by atoms with Gasteiger partial charge in [-0.2, -0.15) is 0 Å². The van der Waals surface area contributed by atoms with Crippen LogP contribution in [0.25, 0.3) is 0 Å². The van der Waals surface area contributed by atoms with Gasteiger partial charge < -0.3 is 20.4 Å². The Morgan fingerprint density at radius 3 is 1.33 bits per heavy atom. The fraction of sp³-hybridized carbons (Fsp3) is 0.750. The zero-order valence-corrected chi connectivity index (χ0v) is 7.20. The summed E-state index contributed by atoms with van der Waals surface area (Å²) in [6.45, 7) is 1.60. The summed E-state index contributed by atoms with van der Waals surface area (Å²) in [5.74, 6) is 4.49. The van der Waals surface area contributed by atoms with E-state index in [1.165, 1.54) is 13.8 Å². The lowest BCUT2D eigenvalue weighted by atomic mass is 10.1. The van der Waals surface area contributed by atoms with Crippen molar-refractivity contribution in [2.45, 2.75) is 25.0 Å². The Balaban J connectivity index is 4.39. The van der Waals surface area contributed by atoms with Crippen molar-refractivity contribution in [3.8, 4) is 11.8 Å². The Bertz CT molecular complexity index is 177. The normalized spacial score (nSPS) is 20.2. The van der Waals surface area contributed by atoms with E-state index in [0.29, 0.717) is 0 Å². The average Bonchev–Trinajstić information content (AvgIpc) is 2.02. The van der Waals surface area contributed by atoms with Crippen LogP contribution in [0.5, 0.6) is 0 Å². The first kappa shape index (κ1) is 11.4. The Morgan fingerprint density at radius 1 is 0.917 bits per heavy atom. The van der Waals surface area contributed by atoms with Crippen molar-refractivity contribution >= 4 is 0 Å². The van der Waals surface area contributed by atoms with Crippen molar-refractivity contribution in [1.29, 1.82) is 0 Å². The van der Waals surface area contributed by atoms with Gasteiger partial charge in [-0.15, -0.1) is 0 Å². The molecule has 0 aliphatic carbocycles. The molecule has 4 nitrogen and oxygen atoms in total. The maximum Gasteiger partial charge on any atom is 0.145 e. The first-order valence-corrected chi connectivity index (χ1v) is 3.54. The van der Waals surface area contributed by atoms with Crippen LogP contribution in [0.3, 0.4) is 0 Å². The van der Waals surface area contributed by atoms with E-state index < -0.39 is 24.4 Å². The van der Waals surface area contributed by atoms with E-state index in [1.54, 1.807) is 0 Å². The summed E-state index contributed by atoms with van der Waals surface area (Å²) in [4.78, 5) is 0. The highest BCUT2D eigenvalue weighted by molar-refractivity contribution is 5.19. The molecule has 2 unspecified atom stereocenters. The zero-order chi connectivity index (χ0) is 9.83. The molecule has 0 spiro atoms. The Labute approximate surface area is 71.5 Å². The van der Waals surface area contributed by atoms with Crippen LogP contribution < -0.4 is 0 Å². The smallest absolute Gasteiger partial charge is 0.145 e. The van der Waals surface area contributed by atoms with Crippen molar-refractivity contribution in [3.05, 3.63) is 0 Å². The Hall–Kier alpha value is -0.600. The summed E-state index contributed by atoms with van der Waals surface area (Å²) in [7, 11) is 0. The van der Waals surface area contributed by atoms with Gasteiger partial charge in [0.1, 0.15) is 11.2 Å². The number of hydrogen-bond acceptors (Lipinski definition) is 4. The molecule has 4 N–H and O–H groups in total. The lowest BCUT2D eigenvalue weighted by Crippen LogP contribution is -2.31. The van der Waals surface area contributed by atoms with E-state index in [2.05, 4.69) is 11.8 Å². The van der Waals surface area contributed by atoms with Crippen molar-refractivity contribution in [3.63, 3.8) is 0 Å². The van der Waals surface area contributed by atoms with Crippen LogP contribution in [0.4, 0.5) is 0 Å². The van der Waals surface area contributed by atoms with Crippen LogP contribution in [0, 0.1) is 11.8 Å². The Morgan fingerprint density at radius 2 is 1.17 bits per heavy atom. The summed E-state index contributed by atoms with van der Waals surface area (Å²) in [6.07, 6.45) is 0. The fourth-order valence-electron chi connectivity index (χ4n) is 0.348. The average molecular weight is 174 g/mol. The molecule has 70 valence electrons. The molecule has 4 heteroatoms. The maximum atomic E-state index is 9.17. The second-order valence-corrected chi connectivity index (χ2v) is 3.11. The van der Waals surface area contributed by atoms with Crippen LogP contribution in [0.1, 0.15) is 13.8 Å². The number of hydrogen-bond donors (Lipinski definition) is 4. The monoisotopic (exact) mass is 174 g/mol. The summed E-state index contributed by atoms with van der Waals surface area (Å²) in [6, 6.07) is 0. The van der Waals surface area contributed by atoms with Gasteiger partial charge in [0.25, 0.3) is 0 Å². The number of aliphatic hydroxyl groups is 4. The molecule has 0 aliphatic rings. The van der Waals surface area contributed by atoms with Crippen LogP contribution in [0.2, 0.25) is 0 Å². The summed E-state index contributed by atoms with van der Waals surface area (Å²) in [5, 5.41) is 35.5. The van der Waals surface area contributed by atoms with Crippen LogP contribution in [0.15, 0.2) is 0 Å². The lowest BCUT2D eigenvalue weighted by molar-refractivity contribution is 0.0424. The fourth-order valence-corrected chi connectivity index (χ4v) is 0.348. The summed E-state index contributed by atoms with van der Waals surface area (Å²) in [5.41, 5.74) is -3.06. The highest BCUT2D eigenvalue weighted by Crippen LogP contribution is 2.02. The van der Waals surface area contributed by atoms with E-state index in [9.17, 15) is 0 Å². The molecule has 0 fully saturated rings. The van der Waals surface area contributed by atoms with Crippen LogP contribution >= 0.6 is 0 Å². The lowest BCUT2D eigenvalue weighted by Gasteiger charge is -2.15. The van der Waals surface area contributed by atoms with E-state index in [1.807, 2.05) is 0 Å². The second kappa shape index (κ2) is 3.87. The predicted molar refractivity (Wildman–Crippen MR) is 43.2 cm³/mol. The number of aliphatic hydroxyl groups excluding tert-OH is 2. The molecule has 0 amide bonds.